The summed E-state index contributed by atoms with van der Waals surface area (Å²) in [5.41, 5.74) is 2.38. The van der Waals surface area contributed by atoms with Gasteiger partial charge in [0.15, 0.2) is 0 Å². The molecule has 0 aliphatic carbocycles. The molecule has 1 unspecified atom stereocenters. The van der Waals surface area contributed by atoms with Crippen molar-refractivity contribution in [3.05, 3.63) is 33.8 Å². The minimum Gasteiger partial charge on any atom is -0.489 e. The molecule has 19 heavy (non-hydrogen) atoms. The lowest BCUT2D eigenvalue weighted by Gasteiger charge is -2.20. The number of ether oxygens (including phenoxy) is 1. The zero-order valence-corrected chi connectivity index (χ0v) is 12.7. The molecule has 0 amide bonds. The summed E-state index contributed by atoms with van der Waals surface area (Å²) in [7, 11) is 0. The molecule has 1 atom stereocenters. The summed E-state index contributed by atoms with van der Waals surface area (Å²) in [6, 6.07) is 6.47. The summed E-state index contributed by atoms with van der Waals surface area (Å²) < 4.78 is 6.80. The minimum absolute atomic E-state index is 0.263. The third kappa shape index (κ3) is 4.34. The Bertz CT molecular complexity index is 459. The SMILES string of the molecule is CC(CCCO)NCC1=Cc2cc(Br)ccc2OC1. The number of fused-ring (bicyclic) bond motifs is 1. The Balaban J connectivity index is 1.92. The molecule has 1 aliphatic rings. The van der Waals surface area contributed by atoms with Gasteiger partial charge in [0.25, 0.3) is 0 Å². The van der Waals surface area contributed by atoms with Crippen molar-refractivity contribution >= 4 is 22.0 Å². The van der Waals surface area contributed by atoms with E-state index in [1.54, 1.807) is 0 Å². The van der Waals surface area contributed by atoms with Gasteiger partial charge < -0.3 is 15.2 Å². The molecule has 1 heterocycles. The van der Waals surface area contributed by atoms with Crippen molar-refractivity contribution in [3.8, 4) is 5.75 Å². The van der Waals surface area contributed by atoms with Crippen molar-refractivity contribution in [1.82, 2.24) is 5.32 Å². The highest BCUT2D eigenvalue weighted by Crippen LogP contribution is 2.28. The molecule has 0 fully saturated rings. The molecule has 104 valence electrons. The van der Waals surface area contributed by atoms with Crippen molar-refractivity contribution in [1.29, 1.82) is 0 Å². The summed E-state index contributed by atoms with van der Waals surface area (Å²) in [4.78, 5) is 0. The predicted molar refractivity (Wildman–Crippen MR) is 81.4 cm³/mol. The average molecular weight is 326 g/mol. The monoisotopic (exact) mass is 325 g/mol. The van der Waals surface area contributed by atoms with Crippen LogP contribution in [0.4, 0.5) is 0 Å². The highest BCUT2D eigenvalue weighted by Gasteiger charge is 2.12. The maximum atomic E-state index is 8.80. The van der Waals surface area contributed by atoms with Gasteiger partial charge in [-0.25, -0.2) is 0 Å². The largest absolute Gasteiger partial charge is 0.489 e. The second-order valence-corrected chi connectivity index (χ2v) is 5.84. The highest BCUT2D eigenvalue weighted by molar-refractivity contribution is 9.10. The van der Waals surface area contributed by atoms with Crippen LogP contribution >= 0.6 is 15.9 Å². The van der Waals surface area contributed by atoms with E-state index in [4.69, 9.17) is 9.84 Å². The Morgan fingerprint density at radius 2 is 2.32 bits per heavy atom. The topological polar surface area (TPSA) is 41.5 Å². The third-order valence-electron chi connectivity index (χ3n) is 3.22. The van der Waals surface area contributed by atoms with Crippen LogP contribution in [0.15, 0.2) is 28.2 Å². The number of nitrogens with one attached hydrogen (secondary N) is 1. The summed E-state index contributed by atoms with van der Waals surface area (Å²) in [6.45, 7) is 3.89. The van der Waals surface area contributed by atoms with Gasteiger partial charge >= 0.3 is 0 Å². The van der Waals surface area contributed by atoms with Crippen molar-refractivity contribution < 1.29 is 9.84 Å². The average Bonchev–Trinajstić information content (AvgIpc) is 2.42. The van der Waals surface area contributed by atoms with Crippen LogP contribution in [0.5, 0.6) is 5.75 Å². The molecule has 3 nitrogen and oxygen atoms in total. The molecule has 0 aromatic heterocycles. The zero-order valence-electron chi connectivity index (χ0n) is 11.2. The first-order valence-electron chi connectivity index (χ1n) is 6.65. The Kier molecular flexibility index (Phi) is 5.43. The Morgan fingerprint density at radius 3 is 3.11 bits per heavy atom. The molecule has 1 aromatic carbocycles. The van der Waals surface area contributed by atoms with E-state index in [1.165, 1.54) is 5.57 Å². The number of rotatable bonds is 6. The van der Waals surface area contributed by atoms with E-state index in [2.05, 4.69) is 40.3 Å². The Hall–Kier alpha value is -0.840. The molecule has 2 N–H and O–H groups in total. The number of halogens is 1. The standard InChI is InChI=1S/C15H20BrNO2/c1-11(3-2-6-18)17-9-12-7-13-8-14(16)4-5-15(13)19-10-12/h4-5,7-8,11,17-18H,2-3,6,9-10H2,1H3. The molecular weight excluding hydrogens is 306 g/mol. The molecule has 0 saturated carbocycles. The van der Waals surface area contributed by atoms with E-state index in [1.807, 2.05) is 12.1 Å². The van der Waals surface area contributed by atoms with Gasteiger partial charge in [-0.3, -0.25) is 0 Å². The van der Waals surface area contributed by atoms with E-state index in [-0.39, 0.29) is 6.61 Å². The molecule has 1 aromatic rings. The smallest absolute Gasteiger partial charge is 0.127 e. The number of hydrogen-bond donors (Lipinski definition) is 2. The molecule has 0 radical (unpaired) electrons. The fourth-order valence-electron chi connectivity index (χ4n) is 2.10. The van der Waals surface area contributed by atoms with Gasteiger partial charge in [0.1, 0.15) is 12.4 Å². The molecule has 0 spiro atoms. The number of benzene rings is 1. The first kappa shape index (κ1) is 14.6. The summed E-state index contributed by atoms with van der Waals surface area (Å²) in [6.07, 6.45) is 4.03. The van der Waals surface area contributed by atoms with Gasteiger partial charge in [0.05, 0.1) is 0 Å². The van der Waals surface area contributed by atoms with Crippen molar-refractivity contribution in [2.45, 2.75) is 25.8 Å². The summed E-state index contributed by atoms with van der Waals surface area (Å²) >= 11 is 3.48. The zero-order chi connectivity index (χ0) is 13.7. The van der Waals surface area contributed by atoms with Gasteiger partial charge in [-0.15, -0.1) is 0 Å². The van der Waals surface area contributed by atoms with E-state index >= 15 is 0 Å². The normalized spacial score (nSPS) is 15.4. The van der Waals surface area contributed by atoms with Crippen molar-refractivity contribution in [2.24, 2.45) is 0 Å². The van der Waals surface area contributed by atoms with Crippen LogP contribution in [0, 0.1) is 0 Å². The van der Waals surface area contributed by atoms with Gasteiger partial charge in [-0.05, 0) is 49.6 Å². The van der Waals surface area contributed by atoms with Crippen molar-refractivity contribution in [3.63, 3.8) is 0 Å². The maximum absolute atomic E-state index is 8.80. The van der Waals surface area contributed by atoms with E-state index < -0.39 is 0 Å². The molecule has 2 rings (SSSR count). The third-order valence-corrected chi connectivity index (χ3v) is 3.71. The fourth-order valence-corrected chi connectivity index (χ4v) is 2.48. The second kappa shape index (κ2) is 7.08. The fraction of sp³-hybridized carbons (Fsp3) is 0.467. The molecule has 1 aliphatic heterocycles. The predicted octanol–water partition coefficient (Wildman–Crippen LogP) is 2.98. The van der Waals surface area contributed by atoms with E-state index in [0.29, 0.717) is 12.6 Å². The van der Waals surface area contributed by atoms with Crippen LogP contribution in [0.2, 0.25) is 0 Å². The molecular formula is C15H20BrNO2. The quantitative estimate of drug-likeness (QED) is 0.844. The first-order chi connectivity index (χ1) is 9.19. The van der Waals surface area contributed by atoms with Gasteiger partial charge in [-0.1, -0.05) is 15.9 Å². The lowest BCUT2D eigenvalue weighted by Crippen LogP contribution is -2.30. The maximum Gasteiger partial charge on any atom is 0.127 e. The molecule has 0 saturated heterocycles. The summed E-state index contributed by atoms with van der Waals surface area (Å²) in [5, 5.41) is 12.3. The van der Waals surface area contributed by atoms with Gasteiger partial charge in [-0.2, -0.15) is 0 Å². The van der Waals surface area contributed by atoms with Gasteiger partial charge in [0.2, 0.25) is 0 Å². The Morgan fingerprint density at radius 1 is 1.47 bits per heavy atom. The van der Waals surface area contributed by atoms with Crippen molar-refractivity contribution in [2.75, 3.05) is 19.8 Å². The lowest BCUT2D eigenvalue weighted by molar-refractivity contribution is 0.276. The number of hydrogen-bond acceptors (Lipinski definition) is 3. The van der Waals surface area contributed by atoms with Crippen LogP contribution in [0.3, 0.4) is 0 Å². The first-order valence-corrected chi connectivity index (χ1v) is 7.44. The van der Waals surface area contributed by atoms with E-state index in [0.717, 1.165) is 35.2 Å². The highest BCUT2D eigenvalue weighted by atomic mass is 79.9. The van der Waals surface area contributed by atoms with Crippen LogP contribution in [0.25, 0.3) is 6.08 Å². The van der Waals surface area contributed by atoms with E-state index in [9.17, 15) is 0 Å². The number of aliphatic hydroxyl groups is 1. The van der Waals surface area contributed by atoms with Crippen LogP contribution in [-0.2, 0) is 0 Å². The van der Waals surface area contributed by atoms with Crippen LogP contribution in [-0.4, -0.2) is 30.9 Å². The van der Waals surface area contributed by atoms with Crippen LogP contribution < -0.4 is 10.1 Å². The number of aliphatic hydroxyl groups excluding tert-OH is 1. The second-order valence-electron chi connectivity index (χ2n) is 4.92. The minimum atomic E-state index is 0.263. The molecule has 0 bridgehead atoms. The lowest BCUT2D eigenvalue weighted by atomic mass is 10.1. The Labute approximate surface area is 122 Å². The molecule has 4 heteroatoms. The van der Waals surface area contributed by atoms with Gasteiger partial charge in [0, 0.05) is 29.2 Å². The summed E-state index contributed by atoms with van der Waals surface area (Å²) in [5.74, 6) is 0.945. The van der Waals surface area contributed by atoms with Crippen LogP contribution in [0.1, 0.15) is 25.3 Å².